The molecule has 1 amide bonds. The molecule has 0 radical (unpaired) electrons. The monoisotopic (exact) mass is 473 g/mol. The molecule has 168 valence electrons. The van der Waals surface area contributed by atoms with E-state index in [2.05, 4.69) is 20.3 Å². The van der Waals surface area contributed by atoms with Gasteiger partial charge in [0.25, 0.3) is 5.91 Å². The van der Waals surface area contributed by atoms with Crippen molar-refractivity contribution in [1.82, 2.24) is 19.3 Å². The number of nitrogens with one attached hydrogen (secondary N) is 1. The summed E-state index contributed by atoms with van der Waals surface area (Å²) in [6.07, 6.45) is 4.89. The number of nitrogens with zero attached hydrogens (tertiary/aromatic N) is 4. The number of anilines is 1. The molecule has 3 aromatic rings. The summed E-state index contributed by atoms with van der Waals surface area (Å²) in [6, 6.07) is 6.36. The number of hydrogen-bond acceptors (Lipinski definition) is 8. The van der Waals surface area contributed by atoms with Crippen molar-refractivity contribution in [3.8, 4) is 16.6 Å². The highest BCUT2D eigenvalue weighted by Gasteiger charge is 2.30. The van der Waals surface area contributed by atoms with Crippen LogP contribution in [-0.2, 0) is 10.0 Å². The predicted octanol–water partition coefficient (Wildman–Crippen LogP) is 3.34. The van der Waals surface area contributed by atoms with Crippen LogP contribution in [-0.4, -0.2) is 53.3 Å². The van der Waals surface area contributed by atoms with Crippen molar-refractivity contribution in [2.24, 2.45) is 0 Å². The van der Waals surface area contributed by atoms with Crippen LogP contribution in [0.25, 0.3) is 10.8 Å². The Morgan fingerprint density at radius 1 is 1.22 bits per heavy atom. The lowest BCUT2D eigenvalue weighted by Gasteiger charge is -2.19. The summed E-state index contributed by atoms with van der Waals surface area (Å²) in [5.41, 5.74) is 0.910. The second-order valence-electron chi connectivity index (χ2n) is 7.17. The molecule has 1 saturated heterocycles. The molecular formula is C21H23N5O4S2. The van der Waals surface area contributed by atoms with Gasteiger partial charge in [0.15, 0.2) is 10.8 Å². The number of carbonyl (C=O) groups excluding carboxylic acids is 1. The molecule has 0 spiro atoms. The SMILES string of the molecule is CCOc1ccc(NC(=O)c2sc(-c3ncccn3)nc2C)cc1S(=O)(=O)N1CCCC1. The summed E-state index contributed by atoms with van der Waals surface area (Å²) in [6.45, 7) is 4.82. The van der Waals surface area contributed by atoms with E-state index in [1.165, 1.54) is 21.7 Å². The third-order valence-electron chi connectivity index (χ3n) is 4.94. The first kappa shape index (κ1) is 22.3. The van der Waals surface area contributed by atoms with Gasteiger partial charge in [-0.15, -0.1) is 11.3 Å². The largest absolute Gasteiger partial charge is 0.492 e. The lowest BCUT2D eigenvalue weighted by Crippen LogP contribution is -2.28. The molecule has 1 aliphatic heterocycles. The highest BCUT2D eigenvalue weighted by Crippen LogP contribution is 2.32. The summed E-state index contributed by atoms with van der Waals surface area (Å²) >= 11 is 1.18. The quantitative estimate of drug-likeness (QED) is 0.560. The molecule has 4 rings (SSSR count). The first-order valence-corrected chi connectivity index (χ1v) is 12.5. The maximum Gasteiger partial charge on any atom is 0.267 e. The maximum absolute atomic E-state index is 13.2. The number of rotatable bonds is 7. The number of aromatic nitrogens is 3. The van der Waals surface area contributed by atoms with E-state index >= 15 is 0 Å². The Bertz CT molecular complexity index is 1220. The molecule has 1 N–H and O–H groups in total. The van der Waals surface area contributed by atoms with Gasteiger partial charge in [-0.1, -0.05) is 0 Å². The van der Waals surface area contributed by atoms with Crippen molar-refractivity contribution >= 4 is 33.0 Å². The summed E-state index contributed by atoms with van der Waals surface area (Å²) in [5, 5.41) is 3.33. The Kier molecular flexibility index (Phi) is 6.49. The molecule has 2 aromatic heterocycles. The van der Waals surface area contributed by atoms with Crippen molar-refractivity contribution in [3.05, 3.63) is 47.2 Å². The van der Waals surface area contributed by atoms with Gasteiger partial charge in [0.1, 0.15) is 15.5 Å². The summed E-state index contributed by atoms with van der Waals surface area (Å²) in [4.78, 5) is 26.1. The van der Waals surface area contributed by atoms with Crippen LogP contribution < -0.4 is 10.1 Å². The standard InChI is InChI=1S/C21H23N5O4S2/c1-3-30-16-8-7-15(13-17(16)32(28,29)26-11-4-5-12-26)25-20(27)18-14(2)24-21(31-18)19-22-9-6-10-23-19/h6-10,13H,3-5,11-12H2,1-2H3,(H,25,27). The number of carbonyl (C=O) groups is 1. The van der Waals surface area contributed by atoms with Gasteiger partial charge in [0, 0.05) is 31.2 Å². The lowest BCUT2D eigenvalue weighted by molar-refractivity contribution is 0.102. The fraction of sp³-hybridized carbons (Fsp3) is 0.333. The predicted molar refractivity (Wildman–Crippen MR) is 121 cm³/mol. The van der Waals surface area contributed by atoms with Crippen LogP contribution in [0.3, 0.4) is 0 Å². The summed E-state index contributed by atoms with van der Waals surface area (Å²) in [5.74, 6) is 0.338. The van der Waals surface area contributed by atoms with E-state index < -0.39 is 10.0 Å². The first-order valence-electron chi connectivity index (χ1n) is 10.2. The van der Waals surface area contributed by atoms with E-state index in [4.69, 9.17) is 4.74 Å². The van der Waals surface area contributed by atoms with Gasteiger partial charge in [0.05, 0.1) is 12.3 Å². The second-order valence-corrected chi connectivity index (χ2v) is 10.1. The van der Waals surface area contributed by atoms with Crippen molar-refractivity contribution in [3.63, 3.8) is 0 Å². The Morgan fingerprint density at radius 3 is 2.62 bits per heavy atom. The molecule has 0 unspecified atom stereocenters. The molecule has 1 fully saturated rings. The van der Waals surface area contributed by atoms with Crippen molar-refractivity contribution < 1.29 is 17.9 Å². The molecule has 1 aromatic carbocycles. The number of sulfonamides is 1. The molecule has 9 nitrogen and oxygen atoms in total. The smallest absolute Gasteiger partial charge is 0.267 e. The molecule has 0 bridgehead atoms. The van der Waals surface area contributed by atoms with Crippen LogP contribution in [0.5, 0.6) is 5.75 Å². The van der Waals surface area contributed by atoms with Crippen LogP contribution in [0.4, 0.5) is 5.69 Å². The Balaban J connectivity index is 1.62. The van der Waals surface area contributed by atoms with Crippen molar-refractivity contribution in [2.75, 3.05) is 25.0 Å². The minimum absolute atomic E-state index is 0.0541. The van der Waals surface area contributed by atoms with Crippen molar-refractivity contribution in [2.45, 2.75) is 31.6 Å². The van der Waals surface area contributed by atoms with E-state index in [0.29, 0.717) is 46.8 Å². The van der Waals surface area contributed by atoms with E-state index in [0.717, 1.165) is 12.8 Å². The number of hydrogen-bond donors (Lipinski definition) is 1. The van der Waals surface area contributed by atoms with E-state index in [9.17, 15) is 13.2 Å². The van der Waals surface area contributed by atoms with Gasteiger partial charge < -0.3 is 10.1 Å². The Morgan fingerprint density at radius 2 is 1.94 bits per heavy atom. The van der Waals surface area contributed by atoms with Gasteiger partial charge in [-0.3, -0.25) is 4.79 Å². The zero-order valence-corrected chi connectivity index (χ0v) is 19.4. The highest BCUT2D eigenvalue weighted by molar-refractivity contribution is 7.89. The van der Waals surface area contributed by atoms with Crippen LogP contribution in [0.2, 0.25) is 0 Å². The van der Waals surface area contributed by atoms with E-state index in [1.54, 1.807) is 44.4 Å². The first-order chi connectivity index (χ1) is 15.4. The number of benzene rings is 1. The molecule has 0 aliphatic carbocycles. The third kappa shape index (κ3) is 4.50. The Labute approximate surface area is 190 Å². The molecule has 0 atom stereocenters. The molecular weight excluding hydrogens is 450 g/mol. The second kappa shape index (κ2) is 9.31. The number of aryl methyl sites for hydroxylation is 1. The average Bonchev–Trinajstić information content (AvgIpc) is 3.46. The average molecular weight is 474 g/mol. The Hall–Kier alpha value is -2.89. The van der Waals surface area contributed by atoms with Gasteiger partial charge >= 0.3 is 0 Å². The fourth-order valence-electron chi connectivity index (χ4n) is 3.43. The van der Waals surface area contributed by atoms with Crippen LogP contribution in [0.1, 0.15) is 35.1 Å². The zero-order valence-electron chi connectivity index (χ0n) is 17.7. The van der Waals surface area contributed by atoms with Gasteiger partial charge in [-0.25, -0.2) is 23.4 Å². The minimum Gasteiger partial charge on any atom is -0.492 e. The van der Waals surface area contributed by atoms with Gasteiger partial charge in [-0.05, 0) is 51.0 Å². The van der Waals surface area contributed by atoms with Crippen molar-refractivity contribution in [1.29, 1.82) is 0 Å². The fourth-order valence-corrected chi connectivity index (χ4v) is 6.01. The van der Waals surface area contributed by atoms with Crippen LogP contribution in [0, 0.1) is 6.92 Å². The molecule has 11 heteroatoms. The lowest BCUT2D eigenvalue weighted by atomic mass is 10.3. The zero-order chi connectivity index (χ0) is 22.7. The molecule has 1 aliphatic rings. The molecule has 0 saturated carbocycles. The highest BCUT2D eigenvalue weighted by atomic mass is 32.2. The maximum atomic E-state index is 13.2. The van der Waals surface area contributed by atoms with Gasteiger partial charge in [0.2, 0.25) is 10.0 Å². The number of amides is 1. The summed E-state index contributed by atoms with van der Waals surface area (Å²) < 4.78 is 33.3. The molecule has 3 heterocycles. The molecule has 32 heavy (non-hydrogen) atoms. The third-order valence-corrected chi connectivity index (χ3v) is 8.02. The minimum atomic E-state index is -3.72. The topological polar surface area (TPSA) is 114 Å². The van der Waals surface area contributed by atoms with Gasteiger partial charge in [-0.2, -0.15) is 4.31 Å². The normalized spacial score (nSPS) is 14.4. The van der Waals surface area contributed by atoms with E-state index in [-0.39, 0.29) is 16.6 Å². The number of thiazole rings is 1. The van der Waals surface area contributed by atoms with E-state index in [1.807, 2.05) is 0 Å². The summed E-state index contributed by atoms with van der Waals surface area (Å²) in [7, 11) is -3.72. The number of ether oxygens (including phenoxy) is 1. The van der Waals surface area contributed by atoms with Crippen LogP contribution in [0.15, 0.2) is 41.6 Å². The van der Waals surface area contributed by atoms with Crippen LogP contribution >= 0.6 is 11.3 Å².